The fourth-order valence-electron chi connectivity index (χ4n) is 3.19. The summed E-state index contributed by atoms with van der Waals surface area (Å²) >= 11 is 0. The Morgan fingerprint density at radius 2 is 0.875 bits per heavy atom. The van der Waals surface area contributed by atoms with Crippen LogP contribution in [0.1, 0.15) is 116 Å². The van der Waals surface area contributed by atoms with Gasteiger partial charge in [-0.1, -0.05) is 110 Å². The molecule has 0 aromatic rings. The summed E-state index contributed by atoms with van der Waals surface area (Å²) in [5, 5.41) is 0. The molecule has 0 N–H and O–H groups in total. The van der Waals surface area contributed by atoms with Gasteiger partial charge in [-0.05, 0) is 12.8 Å². The van der Waals surface area contributed by atoms with Crippen LogP contribution in [0.4, 0.5) is 0 Å². The first kappa shape index (κ1) is 23.9. The van der Waals surface area contributed by atoms with Crippen molar-refractivity contribution in [2.24, 2.45) is 0 Å². The molecule has 3 heteroatoms. The van der Waals surface area contributed by atoms with Gasteiger partial charge >= 0.3 is 0 Å². The highest BCUT2D eigenvalue weighted by atomic mass is 32.2. The Morgan fingerprint density at radius 1 is 0.542 bits per heavy atom. The van der Waals surface area contributed by atoms with Crippen LogP contribution in [0.25, 0.3) is 0 Å². The topological polar surface area (TPSA) is 34.1 Å². The molecule has 145 valence electrons. The molecular weight excluding hydrogens is 316 g/mol. The Morgan fingerprint density at radius 3 is 1.21 bits per heavy atom. The molecule has 2 nitrogen and oxygen atoms in total. The molecule has 1 radical (unpaired) electrons. The second-order valence-electron chi connectivity index (χ2n) is 7.31. The van der Waals surface area contributed by atoms with Crippen LogP contribution in [-0.2, 0) is 9.84 Å². The molecule has 0 amide bonds. The van der Waals surface area contributed by atoms with Crippen LogP contribution >= 0.6 is 0 Å². The van der Waals surface area contributed by atoms with Gasteiger partial charge in [0, 0.05) is 0 Å². The van der Waals surface area contributed by atoms with E-state index in [1.165, 1.54) is 89.9 Å². The Balaban J connectivity index is 3.13. The minimum atomic E-state index is -2.81. The van der Waals surface area contributed by atoms with Gasteiger partial charge in [0.1, 0.15) is 9.84 Å². The molecule has 0 aliphatic rings. The van der Waals surface area contributed by atoms with E-state index in [2.05, 4.69) is 13.8 Å². The average molecular weight is 360 g/mol. The maximum Gasteiger partial charge on any atom is 0.150 e. The zero-order valence-electron chi connectivity index (χ0n) is 16.4. The molecule has 0 fully saturated rings. The Labute approximate surface area is 153 Å². The lowest BCUT2D eigenvalue weighted by atomic mass is 10.0. The summed E-state index contributed by atoms with van der Waals surface area (Å²) in [6.45, 7) is 5.89. The second-order valence-corrected chi connectivity index (χ2v) is 9.61. The number of unbranched alkanes of at least 4 members (excludes halogenated alkanes) is 15. The largest absolute Gasteiger partial charge is 0.229 e. The summed E-state index contributed by atoms with van der Waals surface area (Å²) in [5.41, 5.74) is 0. The molecule has 0 aromatic heterocycles. The van der Waals surface area contributed by atoms with Gasteiger partial charge in [0.2, 0.25) is 0 Å². The number of hydrogen-bond donors (Lipinski definition) is 0. The second kappa shape index (κ2) is 17.8. The van der Waals surface area contributed by atoms with Gasteiger partial charge in [0.15, 0.2) is 0 Å². The molecule has 0 saturated carbocycles. The SMILES string of the molecule is [CH2]CCS(=O)(=O)CCCCCCCCCCCCCCCCCC. The lowest BCUT2D eigenvalue weighted by Gasteiger charge is -2.04. The molecule has 0 spiro atoms. The average Bonchev–Trinajstić information content (AvgIpc) is 2.54. The van der Waals surface area contributed by atoms with Crippen molar-refractivity contribution in [3.63, 3.8) is 0 Å². The maximum absolute atomic E-state index is 11.5. The smallest absolute Gasteiger partial charge is 0.150 e. The van der Waals surface area contributed by atoms with E-state index in [9.17, 15) is 8.42 Å². The predicted molar refractivity (Wildman–Crippen MR) is 108 cm³/mol. The molecule has 0 aliphatic carbocycles. The highest BCUT2D eigenvalue weighted by molar-refractivity contribution is 7.91. The maximum atomic E-state index is 11.5. The van der Waals surface area contributed by atoms with E-state index in [0.717, 1.165) is 12.8 Å². The monoisotopic (exact) mass is 359 g/mol. The highest BCUT2D eigenvalue weighted by Gasteiger charge is 2.07. The predicted octanol–water partition coefficient (Wildman–Crippen LogP) is 6.89. The Bertz CT molecular complexity index is 336. The normalized spacial score (nSPS) is 11.9. The van der Waals surface area contributed by atoms with Crippen LogP contribution in [0.5, 0.6) is 0 Å². The minimum Gasteiger partial charge on any atom is -0.229 e. The molecule has 24 heavy (non-hydrogen) atoms. The van der Waals surface area contributed by atoms with E-state index in [-0.39, 0.29) is 5.75 Å². The van der Waals surface area contributed by atoms with Crippen LogP contribution in [0.3, 0.4) is 0 Å². The molecule has 0 atom stereocenters. The van der Waals surface area contributed by atoms with E-state index in [1.807, 2.05) is 0 Å². The molecule has 0 rings (SSSR count). The summed E-state index contributed by atoms with van der Waals surface area (Å²) in [5.74, 6) is 0.618. The number of hydrogen-bond acceptors (Lipinski definition) is 2. The lowest BCUT2D eigenvalue weighted by molar-refractivity contribution is 0.531. The van der Waals surface area contributed by atoms with E-state index >= 15 is 0 Å². The van der Waals surface area contributed by atoms with Crippen molar-refractivity contribution in [3.8, 4) is 0 Å². The van der Waals surface area contributed by atoms with Crippen molar-refractivity contribution in [2.75, 3.05) is 11.5 Å². The molecule has 0 aliphatic heterocycles. The standard InChI is InChI=1S/C21H43O2S/c1-3-5-6-7-8-9-10-11-12-13-14-15-16-17-18-19-21-24(22,23)20-4-2/h2-21H2,1H3. The first-order chi connectivity index (χ1) is 11.6. The molecule has 0 heterocycles. The van der Waals surface area contributed by atoms with Crippen molar-refractivity contribution in [1.29, 1.82) is 0 Å². The number of sulfone groups is 1. The summed E-state index contributed by atoms with van der Waals surface area (Å²) in [4.78, 5) is 0. The summed E-state index contributed by atoms with van der Waals surface area (Å²) in [7, 11) is -2.81. The fourth-order valence-corrected chi connectivity index (χ4v) is 4.48. The van der Waals surface area contributed by atoms with E-state index < -0.39 is 9.84 Å². The van der Waals surface area contributed by atoms with E-state index in [4.69, 9.17) is 0 Å². The van der Waals surface area contributed by atoms with Gasteiger partial charge in [-0.3, -0.25) is 0 Å². The molecule has 0 saturated heterocycles. The zero-order valence-corrected chi connectivity index (χ0v) is 17.2. The van der Waals surface area contributed by atoms with E-state index in [1.54, 1.807) is 0 Å². The first-order valence-corrected chi connectivity index (χ1v) is 12.4. The van der Waals surface area contributed by atoms with Gasteiger partial charge in [-0.2, -0.15) is 0 Å². The van der Waals surface area contributed by atoms with Crippen LogP contribution in [0, 0.1) is 6.92 Å². The van der Waals surface area contributed by atoms with Crippen LogP contribution < -0.4 is 0 Å². The minimum absolute atomic E-state index is 0.256. The first-order valence-electron chi connectivity index (χ1n) is 10.6. The summed E-state index contributed by atoms with van der Waals surface area (Å²) in [6.07, 6.45) is 21.6. The van der Waals surface area contributed by atoms with Crippen molar-refractivity contribution in [3.05, 3.63) is 6.92 Å². The Kier molecular flexibility index (Phi) is 17.7. The molecule has 0 unspecified atom stereocenters. The van der Waals surface area contributed by atoms with Crippen LogP contribution in [-0.4, -0.2) is 19.9 Å². The van der Waals surface area contributed by atoms with Gasteiger partial charge in [-0.15, -0.1) is 0 Å². The quantitative estimate of drug-likeness (QED) is 0.235. The van der Waals surface area contributed by atoms with Gasteiger partial charge in [-0.25, -0.2) is 8.42 Å². The lowest BCUT2D eigenvalue weighted by Crippen LogP contribution is -2.10. The third kappa shape index (κ3) is 18.3. The van der Waals surface area contributed by atoms with Crippen LogP contribution in [0.2, 0.25) is 0 Å². The zero-order chi connectivity index (χ0) is 17.9. The molecule has 0 bridgehead atoms. The van der Waals surface area contributed by atoms with Crippen molar-refractivity contribution < 1.29 is 8.42 Å². The van der Waals surface area contributed by atoms with Gasteiger partial charge in [0.05, 0.1) is 11.5 Å². The summed E-state index contributed by atoms with van der Waals surface area (Å²) < 4.78 is 23.1. The van der Waals surface area contributed by atoms with E-state index in [0.29, 0.717) is 12.2 Å². The fraction of sp³-hybridized carbons (Fsp3) is 0.952. The van der Waals surface area contributed by atoms with Crippen molar-refractivity contribution >= 4 is 9.84 Å². The van der Waals surface area contributed by atoms with Gasteiger partial charge < -0.3 is 0 Å². The molecule has 0 aromatic carbocycles. The third-order valence-corrected chi connectivity index (χ3v) is 6.59. The third-order valence-electron chi connectivity index (χ3n) is 4.76. The van der Waals surface area contributed by atoms with Crippen LogP contribution in [0.15, 0.2) is 0 Å². The van der Waals surface area contributed by atoms with Crippen molar-refractivity contribution in [1.82, 2.24) is 0 Å². The van der Waals surface area contributed by atoms with Gasteiger partial charge in [0.25, 0.3) is 0 Å². The Hall–Kier alpha value is -0.0500. The molecular formula is C21H43O2S. The highest BCUT2D eigenvalue weighted by Crippen LogP contribution is 2.14. The number of rotatable bonds is 19. The summed E-state index contributed by atoms with van der Waals surface area (Å²) in [6, 6.07) is 0. The van der Waals surface area contributed by atoms with Crippen molar-refractivity contribution in [2.45, 2.75) is 116 Å².